The summed E-state index contributed by atoms with van der Waals surface area (Å²) in [6.07, 6.45) is 0. The largest absolute Gasteiger partial charge is 0.506 e. The summed E-state index contributed by atoms with van der Waals surface area (Å²) >= 11 is 11.8. The number of phenolic OH excluding ortho intramolecular Hbond substituents is 1. The minimum atomic E-state index is 0.0725. The molecule has 4 heteroatoms. The van der Waals surface area contributed by atoms with Crippen molar-refractivity contribution in [3.63, 3.8) is 0 Å². The number of aromatic hydroxyl groups is 1. The van der Waals surface area contributed by atoms with E-state index in [1.165, 1.54) is 11.6 Å². The summed E-state index contributed by atoms with van der Waals surface area (Å²) < 4.78 is 0. The van der Waals surface area contributed by atoms with E-state index >= 15 is 0 Å². The molecule has 2 aromatic carbocycles. The summed E-state index contributed by atoms with van der Waals surface area (Å²) in [5.74, 6) is 0.0725. The van der Waals surface area contributed by atoms with Gasteiger partial charge in [-0.3, -0.25) is 0 Å². The Morgan fingerprint density at radius 2 is 1.84 bits per heavy atom. The highest BCUT2D eigenvalue weighted by Crippen LogP contribution is 2.31. The van der Waals surface area contributed by atoms with Gasteiger partial charge in [0.2, 0.25) is 0 Å². The van der Waals surface area contributed by atoms with Crippen molar-refractivity contribution < 1.29 is 5.11 Å². The SMILES string of the molecule is Cc1ccc(NCc2cc(Cl)cc(Cl)c2O)c(C)c1. The molecule has 0 unspecified atom stereocenters. The summed E-state index contributed by atoms with van der Waals surface area (Å²) in [5, 5.41) is 13.9. The van der Waals surface area contributed by atoms with E-state index in [-0.39, 0.29) is 10.8 Å². The fourth-order valence-electron chi connectivity index (χ4n) is 1.96. The standard InChI is InChI=1S/C15H15Cl2NO/c1-9-3-4-14(10(2)5-9)18-8-11-6-12(16)7-13(17)15(11)19/h3-7,18-19H,8H2,1-2H3. The van der Waals surface area contributed by atoms with Crippen LogP contribution >= 0.6 is 23.2 Å². The molecule has 0 saturated heterocycles. The van der Waals surface area contributed by atoms with Gasteiger partial charge in [0, 0.05) is 22.8 Å². The molecule has 0 atom stereocenters. The Labute approximate surface area is 123 Å². The maximum Gasteiger partial charge on any atom is 0.139 e. The molecule has 0 spiro atoms. The molecular weight excluding hydrogens is 281 g/mol. The van der Waals surface area contributed by atoms with Crippen molar-refractivity contribution in [1.29, 1.82) is 0 Å². The average Bonchev–Trinajstić information content (AvgIpc) is 2.33. The fourth-order valence-corrected chi connectivity index (χ4v) is 2.49. The van der Waals surface area contributed by atoms with Crippen molar-refractivity contribution in [3.8, 4) is 5.75 Å². The van der Waals surface area contributed by atoms with Gasteiger partial charge in [0.25, 0.3) is 0 Å². The minimum Gasteiger partial charge on any atom is -0.506 e. The van der Waals surface area contributed by atoms with E-state index in [1.807, 2.05) is 19.1 Å². The molecule has 2 rings (SSSR count). The molecule has 0 aliphatic carbocycles. The van der Waals surface area contributed by atoms with Crippen LogP contribution in [0.15, 0.2) is 30.3 Å². The second kappa shape index (κ2) is 5.72. The molecule has 0 aliphatic heterocycles. The summed E-state index contributed by atoms with van der Waals surface area (Å²) in [7, 11) is 0. The molecule has 0 amide bonds. The lowest BCUT2D eigenvalue weighted by Crippen LogP contribution is -2.01. The topological polar surface area (TPSA) is 32.3 Å². The predicted molar refractivity (Wildman–Crippen MR) is 81.4 cm³/mol. The maximum atomic E-state index is 9.88. The van der Waals surface area contributed by atoms with E-state index in [0.29, 0.717) is 17.1 Å². The molecule has 0 aliphatic rings. The zero-order chi connectivity index (χ0) is 14.0. The average molecular weight is 296 g/mol. The Balaban J connectivity index is 2.19. The highest BCUT2D eigenvalue weighted by Gasteiger charge is 2.08. The number of benzene rings is 2. The van der Waals surface area contributed by atoms with Gasteiger partial charge >= 0.3 is 0 Å². The van der Waals surface area contributed by atoms with E-state index in [0.717, 1.165) is 11.3 Å². The third-order valence-electron chi connectivity index (χ3n) is 2.96. The molecule has 0 heterocycles. The van der Waals surface area contributed by atoms with Crippen molar-refractivity contribution in [3.05, 3.63) is 57.1 Å². The molecule has 0 radical (unpaired) electrons. The first-order chi connectivity index (χ1) is 8.97. The summed E-state index contributed by atoms with van der Waals surface area (Å²) in [5.41, 5.74) is 4.09. The maximum absolute atomic E-state index is 9.88. The van der Waals surface area contributed by atoms with Crippen LogP contribution in [0.5, 0.6) is 5.75 Å². The molecule has 2 nitrogen and oxygen atoms in total. The van der Waals surface area contributed by atoms with Crippen molar-refractivity contribution in [2.45, 2.75) is 20.4 Å². The molecule has 100 valence electrons. The van der Waals surface area contributed by atoms with Gasteiger partial charge in [-0.25, -0.2) is 0 Å². The normalized spacial score (nSPS) is 10.5. The number of rotatable bonds is 3. The molecule has 0 saturated carbocycles. The first-order valence-electron chi connectivity index (χ1n) is 5.95. The Morgan fingerprint density at radius 1 is 1.11 bits per heavy atom. The molecule has 2 N–H and O–H groups in total. The van der Waals surface area contributed by atoms with Gasteiger partial charge in [0.05, 0.1) is 5.02 Å². The van der Waals surface area contributed by atoms with Crippen molar-refractivity contribution in [2.75, 3.05) is 5.32 Å². The lowest BCUT2D eigenvalue weighted by molar-refractivity contribution is 0.469. The third-order valence-corrected chi connectivity index (χ3v) is 3.46. The first kappa shape index (κ1) is 14.0. The quantitative estimate of drug-likeness (QED) is 0.842. The van der Waals surface area contributed by atoms with E-state index in [9.17, 15) is 5.11 Å². The first-order valence-corrected chi connectivity index (χ1v) is 6.71. The molecule has 19 heavy (non-hydrogen) atoms. The number of aryl methyl sites for hydroxylation is 2. The van der Waals surface area contributed by atoms with Crippen LogP contribution < -0.4 is 5.32 Å². The fraction of sp³-hybridized carbons (Fsp3) is 0.200. The van der Waals surface area contributed by atoms with Crippen LogP contribution in [-0.4, -0.2) is 5.11 Å². The number of halogens is 2. The summed E-state index contributed by atoms with van der Waals surface area (Å²) in [6, 6.07) is 9.40. The monoisotopic (exact) mass is 295 g/mol. The van der Waals surface area contributed by atoms with Crippen LogP contribution in [0.25, 0.3) is 0 Å². The van der Waals surface area contributed by atoms with Crippen molar-refractivity contribution >= 4 is 28.9 Å². The highest BCUT2D eigenvalue weighted by atomic mass is 35.5. The van der Waals surface area contributed by atoms with Gasteiger partial charge in [-0.2, -0.15) is 0 Å². The van der Waals surface area contributed by atoms with Crippen LogP contribution in [0.2, 0.25) is 10.0 Å². The molecule has 0 fully saturated rings. The van der Waals surface area contributed by atoms with Crippen LogP contribution in [0.1, 0.15) is 16.7 Å². The van der Waals surface area contributed by atoms with Gasteiger partial charge in [-0.15, -0.1) is 0 Å². The van der Waals surface area contributed by atoms with Gasteiger partial charge in [0.1, 0.15) is 5.75 Å². The number of phenols is 1. The second-order valence-electron chi connectivity index (χ2n) is 4.57. The Morgan fingerprint density at radius 3 is 2.53 bits per heavy atom. The van der Waals surface area contributed by atoms with Crippen LogP contribution in [-0.2, 0) is 6.54 Å². The molecule has 2 aromatic rings. The zero-order valence-electron chi connectivity index (χ0n) is 10.8. The minimum absolute atomic E-state index is 0.0725. The predicted octanol–water partition coefficient (Wildman–Crippen LogP) is 4.93. The molecular formula is C15H15Cl2NO. The van der Waals surface area contributed by atoms with E-state index < -0.39 is 0 Å². The zero-order valence-corrected chi connectivity index (χ0v) is 12.3. The molecule has 0 aromatic heterocycles. The summed E-state index contributed by atoms with van der Waals surface area (Å²) in [6.45, 7) is 4.56. The number of hydrogen-bond acceptors (Lipinski definition) is 2. The number of anilines is 1. The Kier molecular flexibility index (Phi) is 4.23. The van der Waals surface area contributed by atoms with Crippen LogP contribution in [0.3, 0.4) is 0 Å². The van der Waals surface area contributed by atoms with E-state index in [1.54, 1.807) is 6.07 Å². The summed E-state index contributed by atoms with van der Waals surface area (Å²) in [4.78, 5) is 0. The van der Waals surface area contributed by atoms with Gasteiger partial charge in [0.15, 0.2) is 0 Å². The Bertz CT molecular complexity index is 611. The lowest BCUT2D eigenvalue weighted by Gasteiger charge is -2.12. The lowest BCUT2D eigenvalue weighted by atomic mass is 10.1. The Hall–Kier alpha value is -1.38. The number of hydrogen-bond donors (Lipinski definition) is 2. The van der Waals surface area contributed by atoms with Gasteiger partial charge in [-0.05, 0) is 37.6 Å². The van der Waals surface area contributed by atoms with Crippen LogP contribution in [0, 0.1) is 13.8 Å². The van der Waals surface area contributed by atoms with Crippen molar-refractivity contribution in [1.82, 2.24) is 0 Å². The third kappa shape index (κ3) is 3.34. The van der Waals surface area contributed by atoms with Gasteiger partial charge in [-0.1, -0.05) is 40.9 Å². The van der Waals surface area contributed by atoms with Crippen LogP contribution in [0.4, 0.5) is 5.69 Å². The van der Waals surface area contributed by atoms with E-state index in [4.69, 9.17) is 23.2 Å². The number of nitrogens with one attached hydrogen (secondary N) is 1. The highest BCUT2D eigenvalue weighted by molar-refractivity contribution is 6.35. The smallest absolute Gasteiger partial charge is 0.139 e. The second-order valence-corrected chi connectivity index (χ2v) is 5.41. The molecule has 0 bridgehead atoms. The van der Waals surface area contributed by atoms with Gasteiger partial charge < -0.3 is 10.4 Å². The van der Waals surface area contributed by atoms with E-state index in [2.05, 4.69) is 18.3 Å². The van der Waals surface area contributed by atoms with Crippen molar-refractivity contribution in [2.24, 2.45) is 0 Å².